The van der Waals surface area contributed by atoms with Gasteiger partial charge >= 0.3 is 177 Å². The van der Waals surface area contributed by atoms with Crippen LogP contribution in [0.1, 0.15) is 0 Å². The minimum Gasteiger partial charge on any atom is -0.894 e. The molecule has 0 aromatic rings. The van der Waals surface area contributed by atoms with Gasteiger partial charge in [0.05, 0.1) is 0 Å². The summed E-state index contributed by atoms with van der Waals surface area (Å²) in [7, 11) is -15.9. The van der Waals surface area contributed by atoms with Gasteiger partial charge in [-0.25, -0.2) is 4.79 Å². The molecular formula is C2H2BaCa2Mg2O18S2Si. The molecule has 26 heteroatoms. The zero-order valence-corrected chi connectivity index (χ0v) is 27.6. The molecule has 18 nitrogen and oxygen atoms in total. The summed E-state index contributed by atoms with van der Waals surface area (Å²) < 4.78 is 68.2. The molecule has 0 aliphatic heterocycles. The molecule has 28 heavy (non-hydrogen) atoms. The molecule has 0 atom stereocenters. The Bertz CT molecular complexity index is 446. The van der Waals surface area contributed by atoms with Gasteiger partial charge < -0.3 is 71.7 Å². The molecule has 0 bridgehead atoms. The van der Waals surface area contributed by atoms with Crippen LogP contribution in [0.5, 0.6) is 0 Å². The van der Waals surface area contributed by atoms with Gasteiger partial charge in [-0.3, -0.25) is 16.8 Å². The minimum atomic E-state index is -5.61. The van der Waals surface area contributed by atoms with Crippen LogP contribution in [-0.4, -0.2) is 237 Å². The minimum absolute atomic E-state index is 0. The Morgan fingerprint density at radius 2 is 0.679 bits per heavy atom. The molecule has 0 rings (SSSR count). The van der Waals surface area contributed by atoms with Gasteiger partial charge in [0.2, 0.25) is 0 Å². The van der Waals surface area contributed by atoms with E-state index in [0.717, 1.165) is 0 Å². The summed E-state index contributed by atoms with van der Waals surface area (Å²) in [5.74, 6) is 0. The molecular weight excluding hydrogens is 670 g/mol. The summed E-state index contributed by atoms with van der Waals surface area (Å²) in [5.41, 5.74) is 0. The van der Waals surface area contributed by atoms with Crippen LogP contribution in [0, 0.1) is 0 Å². The molecule has 144 valence electrons. The van der Waals surface area contributed by atoms with Crippen LogP contribution in [0.2, 0.25) is 0 Å². The van der Waals surface area contributed by atoms with Crippen molar-refractivity contribution >= 4 is 213 Å². The molecule has 0 radical (unpaired) electrons. The van der Waals surface area contributed by atoms with E-state index in [0.29, 0.717) is 0 Å². The fraction of sp³-hybridized carbons (Fsp3) is 0. The van der Waals surface area contributed by atoms with Gasteiger partial charge in [0.25, 0.3) is 0 Å². The van der Waals surface area contributed by atoms with E-state index >= 15 is 0 Å². The van der Waals surface area contributed by atoms with E-state index in [-0.39, 0.29) is 170 Å². The van der Waals surface area contributed by atoms with Crippen molar-refractivity contribution in [3.63, 3.8) is 0 Å². The van der Waals surface area contributed by atoms with Crippen molar-refractivity contribution in [3.05, 3.63) is 0 Å². The molecule has 0 aliphatic rings. The maximum absolute atomic E-state index is 8.58. The van der Waals surface area contributed by atoms with Gasteiger partial charge in [-0.1, -0.05) is 0 Å². The van der Waals surface area contributed by atoms with Gasteiger partial charge in [0.1, 0.15) is 0 Å². The van der Waals surface area contributed by atoms with Crippen molar-refractivity contribution in [2.45, 2.75) is 0 Å². The van der Waals surface area contributed by atoms with Gasteiger partial charge in [0.15, 0.2) is 0 Å². The van der Waals surface area contributed by atoms with Gasteiger partial charge in [-0.05, 0) is 6.16 Å². The van der Waals surface area contributed by atoms with Crippen molar-refractivity contribution in [2.24, 2.45) is 0 Å². The molecule has 0 saturated carbocycles. The summed E-state index contributed by atoms with van der Waals surface area (Å²) in [4.78, 5) is 51.2. The smallest absolute Gasteiger partial charge is 0.894 e. The third-order valence-electron chi connectivity index (χ3n) is 0. The Hall–Kier alpha value is 3.96. The third kappa shape index (κ3) is 1600. The first-order valence-electron chi connectivity index (χ1n) is 3.41. The van der Waals surface area contributed by atoms with E-state index in [9.17, 15) is 0 Å². The molecule has 0 aromatic carbocycles. The van der Waals surface area contributed by atoms with Gasteiger partial charge in [-0.15, -0.1) is 0 Å². The monoisotopic (exact) mass is 672 g/mol. The van der Waals surface area contributed by atoms with Crippen molar-refractivity contribution in [1.29, 1.82) is 0 Å². The summed E-state index contributed by atoms with van der Waals surface area (Å²) in [6.07, 6.45) is -4.17. The fourth-order valence-electron chi connectivity index (χ4n) is 0. The SMILES string of the molecule is O=C(O)O.O=C([O-])[O-].O=S(=O)([O-])[O-].O=S(=O)([O-])[O-].[Ba+2].[Ca+2].[Ca+2].[Mg+2].[Mg+2].[O-][Si]([O-])([O-])[O-]. The Balaban J connectivity index is -0.0000000174. The van der Waals surface area contributed by atoms with Crippen LogP contribution in [0.4, 0.5) is 9.59 Å². The second kappa shape index (κ2) is 35.5. The van der Waals surface area contributed by atoms with E-state index < -0.39 is 42.2 Å². The Morgan fingerprint density at radius 3 is 0.679 bits per heavy atom. The van der Waals surface area contributed by atoms with Crippen LogP contribution < -0.4 is 29.4 Å². The molecule has 2 N–H and O–H groups in total. The normalized spacial score (nSPS) is 8.00. The number of carbonyl (C=O) groups is 2. The summed E-state index contributed by atoms with van der Waals surface area (Å²) in [6.45, 7) is 0. The predicted molar refractivity (Wildman–Crippen MR) is 71.5 cm³/mol. The van der Waals surface area contributed by atoms with E-state index in [1.165, 1.54) is 0 Å². The van der Waals surface area contributed by atoms with E-state index in [4.69, 9.17) is 84.2 Å². The third-order valence-corrected chi connectivity index (χ3v) is 0. The molecule has 0 heterocycles. The number of carbonyl (C=O) groups excluding carboxylic acids is 1. The summed E-state index contributed by atoms with van der Waals surface area (Å²) in [6, 6.07) is 0. The van der Waals surface area contributed by atoms with Crippen molar-refractivity contribution in [3.8, 4) is 0 Å². The topological polar surface area (TPSA) is 373 Å². The van der Waals surface area contributed by atoms with Crippen molar-refractivity contribution < 1.29 is 84.2 Å². The van der Waals surface area contributed by atoms with Crippen molar-refractivity contribution in [1.82, 2.24) is 0 Å². The molecule has 0 unspecified atom stereocenters. The molecule has 0 aromatic heterocycles. The van der Waals surface area contributed by atoms with Crippen molar-refractivity contribution in [2.75, 3.05) is 0 Å². The van der Waals surface area contributed by atoms with E-state index in [1.807, 2.05) is 0 Å². The number of hydrogen-bond acceptors (Lipinski definition) is 16. The van der Waals surface area contributed by atoms with Crippen LogP contribution in [0.15, 0.2) is 0 Å². The van der Waals surface area contributed by atoms with E-state index in [2.05, 4.69) is 0 Å². The molecule has 0 fully saturated rings. The first-order valence-corrected chi connectivity index (χ1v) is 7.71. The quantitative estimate of drug-likeness (QED) is 0.137. The summed E-state index contributed by atoms with van der Waals surface area (Å²) >= 11 is 0. The average molecular weight is 672 g/mol. The Morgan fingerprint density at radius 1 is 0.679 bits per heavy atom. The Kier molecular flexibility index (Phi) is 80.6. The first kappa shape index (κ1) is 63.5. The standard InChI is InChI=1S/2CH2O3.Ba.2Ca.2Mg.2H2O4S.O4Si/c2*2-1(3)4;;;;;;3*1-5(2,3)4/h2*(H2,2,3,4);;;;;;2*(H2,1,2,3,4);/q;;5*+2;;;-4/p-6. The maximum atomic E-state index is 8.58. The van der Waals surface area contributed by atoms with E-state index in [1.54, 1.807) is 0 Å². The average Bonchev–Trinajstić information content (AvgIpc) is 1.85. The van der Waals surface area contributed by atoms with Gasteiger partial charge in [0, 0.05) is 20.8 Å². The largest absolute Gasteiger partial charge is 2.00 e. The van der Waals surface area contributed by atoms with Crippen LogP contribution in [0.25, 0.3) is 0 Å². The molecule has 0 saturated heterocycles. The number of hydrogen-bond donors (Lipinski definition) is 2. The second-order valence-corrected chi connectivity index (χ2v) is 4.48. The molecule has 0 amide bonds. The second-order valence-electron chi connectivity index (χ2n) is 1.85. The van der Waals surface area contributed by atoms with Gasteiger partial charge in [-0.2, -0.15) is 0 Å². The first-order chi connectivity index (χ1) is 9.46. The maximum Gasteiger partial charge on any atom is 2.00 e. The Labute approximate surface area is 290 Å². The molecule has 0 aliphatic carbocycles. The summed E-state index contributed by atoms with van der Waals surface area (Å²) in [5, 5.41) is 30.6. The number of carboxylic acid groups (broad SMARTS) is 4. The van der Waals surface area contributed by atoms with Crippen LogP contribution in [0.3, 0.4) is 0 Å². The molecule has 0 spiro atoms. The zero-order chi connectivity index (χ0) is 20.7. The number of rotatable bonds is 0. The van der Waals surface area contributed by atoms with Crippen LogP contribution in [-0.2, 0) is 20.8 Å². The predicted octanol–water partition coefficient (Wildman–Crippen LogP) is -11.9. The fourth-order valence-corrected chi connectivity index (χ4v) is 0. The van der Waals surface area contributed by atoms with Crippen LogP contribution >= 0.6 is 0 Å². The zero-order valence-electron chi connectivity index (χ0n) is 13.3.